The minimum atomic E-state index is -0.0600. The lowest BCUT2D eigenvalue weighted by atomic mass is 10.1. The van der Waals surface area contributed by atoms with Gasteiger partial charge < -0.3 is 5.32 Å². The molecule has 0 unspecified atom stereocenters. The lowest BCUT2D eigenvalue weighted by Crippen LogP contribution is -2.26. The number of carbonyl (C=O) groups excluding carboxylic acids is 1. The van der Waals surface area contributed by atoms with Gasteiger partial charge in [-0.2, -0.15) is 5.10 Å². The van der Waals surface area contributed by atoms with E-state index in [0.29, 0.717) is 18.0 Å². The van der Waals surface area contributed by atoms with E-state index in [2.05, 4.69) is 61.2 Å². The second kappa shape index (κ2) is 9.18. The number of nitrogens with one attached hydrogen (secondary N) is 1. The summed E-state index contributed by atoms with van der Waals surface area (Å²) in [4.78, 5) is 20.5. The van der Waals surface area contributed by atoms with Crippen molar-refractivity contribution in [2.45, 2.75) is 65.6 Å². The zero-order valence-corrected chi connectivity index (χ0v) is 19.1. The van der Waals surface area contributed by atoms with Crippen molar-refractivity contribution in [3.05, 3.63) is 58.9 Å². The van der Waals surface area contributed by atoms with E-state index in [1.165, 1.54) is 5.56 Å². The molecular formula is C25H33N5O. The van der Waals surface area contributed by atoms with E-state index in [4.69, 9.17) is 4.98 Å². The summed E-state index contributed by atoms with van der Waals surface area (Å²) in [6, 6.07) is 10.5. The molecule has 0 aliphatic heterocycles. The number of aromatic nitrogens is 3. The van der Waals surface area contributed by atoms with Gasteiger partial charge >= 0.3 is 0 Å². The molecule has 0 atom stereocenters. The number of amides is 1. The molecule has 1 aliphatic rings. The van der Waals surface area contributed by atoms with Gasteiger partial charge in [0, 0.05) is 30.7 Å². The van der Waals surface area contributed by atoms with Gasteiger partial charge in [-0.15, -0.1) is 0 Å². The molecule has 0 radical (unpaired) electrons. The van der Waals surface area contributed by atoms with Crippen LogP contribution in [-0.2, 0) is 13.1 Å². The van der Waals surface area contributed by atoms with Crippen LogP contribution in [-0.4, -0.2) is 38.7 Å². The molecule has 0 saturated heterocycles. The van der Waals surface area contributed by atoms with Gasteiger partial charge in [0.1, 0.15) is 0 Å². The Labute approximate surface area is 184 Å². The third-order valence-corrected chi connectivity index (χ3v) is 6.16. The van der Waals surface area contributed by atoms with Crippen LogP contribution in [0.15, 0.2) is 36.5 Å². The van der Waals surface area contributed by atoms with Gasteiger partial charge in [-0.1, -0.05) is 38.1 Å². The summed E-state index contributed by atoms with van der Waals surface area (Å²) < 4.78 is 1.91. The Morgan fingerprint density at radius 2 is 1.90 bits per heavy atom. The van der Waals surface area contributed by atoms with Gasteiger partial charge in [-0.05, 0) is 57.0 Å². The lowest BCUT2D eigenvalue weighted by molar-refractivity contribution is 0.0952. The molecule has 1 aromatic carbocycles. The summed E-state index contributed by atoms with van der Waals surface area (Å²) in [5.74, 6) is 0.413. The maximum Gasteiger partial charge on any atom is 0.252 e. The summed E-state index contributed by atoms with van der Waals surface area (Å²) in [5, 5.41) is 8.50. The van der Waals surface area contributed by atoms with Crippen molar-refractivity contribution in [1.29, 1.82) is 0 Å². The third kappa shape index (κ3) is 4.64. The number of rotatable bonds is 9. The van der Waals surface area contributed by atoms with Crippen LogP contribution in [0.4, 0.5) is 0 Å². The number of hydrogen-bond acceptors (Lipinski definition) is 4. The summed E-state index contributed by atoms with van der Waals surface area (Å²) in [6.45, 7) is 12.0. The largest absolute Gasteiger partial charge is 0.348 e. The molecule has 1 amide bonds. The van der Waals surface area contributed by atoms with Crippen LogP contribution in [0, 0.1) is 0 Å². The number of hydrogen-bond donors (Lipinski definition) is 1. The first-order valence-corrected chi connectivity index (χ1v) is 11.5. The van der Waals surface area contributed by atoms with E-state index >= 15 is 0 Å². The van der Waals surface area contributed by atoms with E-state index in [-0.39, 0.29) is 11.9 Å². The number of nitrogens with zero attached hydrogens (tertiary/aromatic N) is 4. The molecule has 1 aliphatic carbocycles. The molecule has 6 nitrogen and oxygen atoms in total. The fraction of sp³-hybridized carbons (Fsp3) is 0.480. The van der Waals surface area contributed by atoms with E-state index in [1.807, 2.05) is 16.8 Å². The van der Waals surface area contributed by atoms with Crippen molar-refractivity contribution in [3.8, 4) is 0 Å². The average Bonchev–Trinajstić information content (AvgIpc) is 3.54. The van der Waals surface area contributed by atoms with Crippen LogP contribution in [0.25, 0.3) is 11.0 Å². The van der Waals surface area contributed by atoms with Crippen molar-refractivity contribution in [2.24, 2.45) is 0 Å². The first-order valence-electron chi connectivity index (χ1n) is 11.5. The van der Waals surface area contributed by atoms with Crippen molar-refractivity contribution < 1.29 is 4.79 Å². The summed E-state index contributed by atoms with van der Waals surface area (Å²) in [7, 11) is 0. The van der Waals surface area contributed by atoms with Gasteiger partial charge in [0.15, 0.2) is 5.65 Å². The van der Waals surface area contributed by atoms with Crippen molar-refractivity contribution >= 4 is 16.9 Å². The molecule has 1 N–H and O–H groups in total. The Balaban J connectivity index is 1.59. The third-order valence-electron chi connectivity index (χ3n) is 6.16. The number of benzene rings is 1. The molecule has 1 saturated carbocycles. The average molecular weight is 420 g/mol. The van der Waals surface area contributed by atoms with Crippen LogP contribution < -0.4 is 5.32 Å². The van der Waals surface area contributed by atoms with E-state index in [9.17, 15) is 4.79 Å². The van der Waals surface area contributed by atoms with Crippen LogP contribution in [0.5, 0.6) is 0 Å². The van der Waals surface area contributed by atoms with Crippen molar-refractivity contribution in [3.63, 3.8) is 0 Å². The zero-order valence-electron chi connectivity index (χ0n) is 19.1. The van der Waals surface area contributed by atoms with E-state index in [1.54, 1.807) is 6.20 Å². The Kier molecular flexibility index (Phi) is 6.37. The molecule has 31 heavy (non-hydrogen) atoms. The number of carbonyl (C=O) groups is 1. The highest BCUT2D eigenvalue weighted by Crippen LogP contribution is 2.40. The summed E-state index contributed by atoms with van der Waals surface area (Å²) in [5.41, 5.74) is 4.93. The Morgan fingerprint density at radius 1 is 1.19 bits per heavy atom. The first kappa shape index (κ1) is 21.5. The van der Waals surface area contributed by atoms with Crippen molar-refractivity contribution in [2.75, 3.05) is 13.1 Å². The standard InChI is InChI=1S/C25H33N5O/c1-5-29(6-2)16-20-10-8-7-9-19(20)14-26-25(31)21-13-23(18-11-12-18)28-24-22(21)15-27-30(24)17(3)4/h7-10,13,15,17-18H,5-6,11-12,14,16H2,1-4H3,(H,26,31). The molecule has 0 spiro atoms. The quantitative estimate of drug-likeness (QED) is 0.548. The Morgan fingerprint density at radius 3 is 2.55 bits per heavy atom. The molecule has 1 fully saturated rings. The van der Waals surface area contributed by atoms with Gasteiger partial charge in [0.05, 0.1) is 17.1 Å². The molecule has 4 rings (SSSR count). The molecule has 6 heteroatoms. The topological polar surface area (TPSA) is 63.1 Å². The molecule has 0 bridgehead atoms. The normalized spacial score (nSPS) is 14.0. The van der Waals surface area contributed by atoms with Crippen LogP contribution in [0.3, 0.4) is 0 Å². The first-order chi connectivity index (χ1) is 15.0. The van der Waals surface area contributed by atoms with Gasteiger partial charge in [0.2, 0.25) is 0 Å². The van der Waals surface area contributed by atoms with Crippen molar-refractivity contribution in [1.82, 2.24) is 25.0 Å². The van der Waals surface area contributed by atoms with Crippen LogP contribution in [0.2, 0.25) is 0 Å². The molecule has 3 aromatic rings. The predicted molar refractivity (Wildman–Crippen MR) is 124 cm³/mol. The molecule has 164 valence electrons. The SMILES string of the molecule is CCN(CC)Cc1ccccc1CNC(=O)c1cc(C2CC2)nc2c1cnn2C(C)C. The minimum Gasteiger partial charge on any atom is -0.348 e. The highest BCUT2D eigenvalue weighted by molar-refractivity contribution is 6.05. The molecular weight excluding hydrogens is 386 g/mol. The highest BCUT2D eigenvalue weighted by atomic mass is 16.1. The predicted octanol–water partition coefficient (Wildman–Crippen LogP) is 4.66. The Hall–Kier alpha value is -2.73. The maximum absolute atomic E-state index is 13.3. The second-order valence-corrected chi connectivity index (χ2v) is 8.70. The highest BCUT2D eigenvalue weighted by Gasteiger charge is 2.28. The Bertz CT molecular complexity index is 1060. The maximum atomic E-state index is 13.3. The lowest BCUT2D eigenvalue weighted by Gasteiger charge is -2.20. The minimum absolute atomic E-state index is 0.0600. The van der Waals surface area contributed by atoms with E-state index < -0.39 is 0 Å². The zero-order chi connectivity index (χ0) is 22.0. The van der Waals surface area contributed by atoms with Crippen LogP contribution in [0.1, 0.15) is 79.7 Å². The van der Waals surface area contributed by atoms with Gasteiger partial charge in [-0.3, -0.25) is 9.69 Å². The van der Waals surface area contributed by atoms with E-state index in [0.717, 1.165) is 54.8 Å². The fourth-order valence-electron chi connectivity index (χ4n) is 4.03. The monoisotopic (exact) mass is 419 g/mol. The molecule has 2 heterocycles. The smallest absolute Gasteiger partial charge is 0.252 e. The molecule has 2 aromatic heterocycles. The number of pyridine rings is 1. The summed E-state index contributed by atoms with van der Waals surface area (Å²) in [6.07, 6.45) is 4.07. The summed E-state index contributed by atoms with van der Waals surface area (Å²) >= 11 is 0. The fourth-order valence-corrected chi connectivity index (χ4v) is 4.03. The van der Waals surface area contributed by atoms with Gasteiger partial charge in [-0.25, -0.2) is 9.67 Å². The second-order valence-electron chi connectivity index (χ2n) is 8.70. The van der Waals surface area contributed by atoms with Crippen LogP contribution >= 0.6 is 0 Å². The number of fused-ring (bicyclic) bond motifs is 1. The van der Waals surface area contributed by atoms with Gasteiger partial charge in [0.25, 0.3) is 5.91 Å².